The standard InChI is InChI=1S/C9H11ClFN3/c10-8-4-9(13-6-12-8)14-3-1-2-7(11)5-14/h4,6-7H,1-3,5H2/t7-/m1/s1. The van der Waals surface area contributed by atoms with Gasteiger partial charge >= 0.3 is 0 Å². The molecule has 14 heavy (non-hydrogen) atoms. The Labute approximate surface area is 86.9 Å². The first kappa shape index (κ1) is 9.65. The molecule has 5 heteroatoms. The van der Waals surface area contributed by atoms with Crippen LogP contribution < -0.4 is 4.90 Å². The van der Waals surface area contributed by atoms with E-state index < -0.39 is 6.17 Å². The maximum absolute atomic E-state index is 13.1. The van der Waals surface area contributed by atoms with Crippen molar-refractivity contribution in [3.8, 4) is 0 Å². The van der Waals surface area contributed by atoms with Crippen LogP contribution in [0.25, 0.3) is 0 Å². The summed E-state index contributed by atoms with van der Waals surface area (Å²) in [5.74, 6) is 0.715. The van der Waals surface area contributed by atoms with E-state index in [2.05, 4.69) is 9.97 Å². The molecule has 0 saturated carbocycles. The number of hydrogen-bond donors (Lipinski definition) is 0. The lowest BCUT2D eigenvalue weighted by Crippen LogP contribution is -2.36. The highest BCUT2D eigenvalue weighted by Crippen LogP contribution is 2.20. The highest BCUT2D eigenvalue weighted by Gasteiger charge is 2.20. The molecule has 2 rings (SSSR count). The molecule has 76 valence electrons. The van der Waals surface area contributed by atoms with E-state index in [1.807, 2.05) is 4.90 Å². The van der Waals surface area contributed by atoms with Crippen molar-refractivity contribution in [2.24, 2.45) is 0 Å². The molecule has 0 aromatic carbocycles. The lowest BCUT2D eigenvalue weighted by Gasteiger charge is -2.29. The van der Waals surface area contributed by atoms with Gasteiger partial charge in [0.1, 0.15) is 23.5 Å². The molecule has 3 nitrogen and oxygen atoms in total. The zero-order chi connectivity index (χ0) is 9.97. The molecule has 0 unspecified atom stereocenters. The third kappa shape index (κ3) is 2.12. The maximum Gasteiger partial charge on any atom is 0.134 e. The Hall–Kier alpha value is -0.900. The highest BCUT2D eigenvalue weighted by molar-refractivity contribution is 6.29. The second-order valence-corrected chi connectivity index (χ2v) is 3.77. The fourth-order valence-electron chi connectivity index (χ4n) is 1.63. The van der Waals surface area contributed by atoms with Gasteiger partial charge in [0.2, 0.25) is 0 Å². The third-order valence-electron chi connectivity index (χ3n) is 2.31. The number of piperidine rings is 1. The predicted octanol–water partition coefficient (Wildman–Crippen LogP) is 2.07. The van der Waals surface area contributed by atoms with Crippen LogP contribution in [0.2, 0.25) is 5.15 Å². The molecule has 1 fully saturated rings. The summed E-state index contributed by atoms with van der Waals surface area (Å²) in [6.45, 7) is 1.25. The molecule has 2 heterocycles. The summed E-state index contributed by atoms with van der Waals surface area (Å²) in [4.78, 5) is 9.75. The summed E-state index contributed by atoms with van der Waals surface area (Å²) in [5, 5.41) is 0.399. The molecule has 0 amide bonds. The molecule has 0 spiro atoms. The Morgan fingerprint density at radius 1 is 1.50 bits per heavy atom. The smallest absolute Gasteiger partial charge is 0.134 e. The van der Waals surface area contributed by atoms with Gasteiger partial charge in [-0.05, 0) is 12.8 Å². The van der Waals surface area contributed by atoms with Gasteiger partial charge in [-0.1, -0.05) is 11.6 Å². The normalized spacial score (nSPS) is 22.4. The molecule has 1 saturated heterocycles. The Bertz CT molecular complexity index is 321. The molecular formula is C9H11ClFN3. The van der Waals surface area contributed by atoms with Gasteiger partial charge in [0.25, 0.3) is 0 Å². The average Bonchev–Trinajstić information content (AvgIpc) is 2.18. The van der Waals surface area contributed by atoms with E-state index >= 15 is 0 Å². The van der Waals surface area contributed by atoms with Gasteiger partial charge in [-0.2, -0.15) is 0 Å². The molecule has 0 radical (unpaired) electrons. The van der Waals surface area contributed by atoms with Crippen LogP contribution in [0.4, 0.5) is 10.2 Å². The summed E-state index contributed by atoms with van der Waals surface area (Å²) in [7, 11) is 0. The van der Waals surface area contributed by atoms with Crippen molar-refractivity contribution in [2.45, 2.75) is 19.0 Å². The van der Waals surface area contributed by atoms with Gasteiger partial charge in [0, 0.05) is 12.6 Å². The highest BCUT2D eigenvalue weighted by atomic mass is 35.5. The Morgan fingerprint density at radius 3 is 3.07 bits per heavy atom. The number of anilines is 1. The average molecular weight is 216 g/mol. The minimum atomic E-state index is -0.752. The quantitative estimate of drug-likeness (QED) is 0.672. The van der Waals surface area contributed by atoms with Crippen LogP contribution >= 0.6 is 11.6 Å². The first-order valence-electron chi connectivity index (χ1n) is 4.62. The van der Waals surface area contributed by atoms with Crippen molar-refractivity contribution < 1.29 is 4.39 Å². The van der Waals surface area contributed by atoms with Crippen molar-refractivity contribution >= 4 is 17.4 Å². The number of nitrogens with zero attached hydrogens (tertiary/aromatic N) is 3. The zero-order valence-electron chi connectivity index (χ0n) is 7.66. The van der Waals surface area contributed by atoms with Crippen LogP contribution in [0.3, 0.4) is 0 Å². The van der Waals surface area contributed by atoms with Crippen LogP contribution in [0.5, 0.6) is 0 Å². The number of alkyl halides is 1. The molecule has 0 aliphatic carbocycles. The molecule has 1 aromatic heterocycles. The van der Waals surface area contributed by atoms with Crippen molar-refractivity contribution in [2.75, 3.05) is 18.0 Å². The minimum absolute atomic E-state index is 0.399. The van der Waals surface area contributed by atoms with Crippen molar-refractivity contribution in [3.05, 3.63) is 17.5 Å². The van der Waals surface area contributed by atoms with Crippen molar-refractivity contribution in [1.82, 2.24) is 9.97 Å². The molecule has 1 aliphatic rings. The van der Waals surface area contributed by atoms with Crippen LogP contribution in [-0.2, 0) is 0 Å². The van der Waals surface area contributed by atoms with Crippen LogP contribution in [-0.4, -0.2) is 29.2 Å². The second-order valence-electron chi connectivity index (χ2n) is 3.38. The largest absolute Gasteiger partial charge is 0.354 e. The van der Waals surface area contributed by atoms with Gasteiger partial charge in [-0.15, -0.1) is 0 Å². The van der Waals surface area contributed by atoms with Crippen molar-refractivity contribution in [3.63, 3.8) is 0 Å². The molecule has 1 aliphatic heterocycles. The topological polar surface area (TPSA) is 29.0 Å². The van der Waals surface area contributed by atoms with Gasteiger partial charge in [-0.25, -0.2) is 14.4 Å². The van der Waals surface area contributed by atoms with E-state index in [1.165, 1.54) is 6.33 Å². The summed E-state index contributed by atoms with van der Waals surface area (Å²) in [6.07, 6.45) is 2.16. The number of rotatable bonds is 1. The predicted molar refractivity (Wildman–Crippen MR) is 53.4 cm³/mol. The van der Waals surface area contributed by atoms with E-state index in [4.69, 9.17) is 11.6 Å². The third-order valence-corrected chi connectivity index (χ3v) is 2.51. The summed E-state index contributed by atoms with van der Waals surface area (Å²) in [6, 6.07) is 1.67. The number of hydrogen-bond acceptors (Lipinski definition) is 3. The molecule has 0 bridgehead atoms. The zero-order valence-corrected chi connectivity index (χ0v) is 8.41. The fraction of sp³-hybridized carbons (Fsp3) is 0.556. The van der Waals surface area contributed by atoms with E-state index in [9.17, 15) is 4.39 Å². The van der Waals surface area contributed by atoms with E-state index in [1.54, 1.807) is 6.07 Å². The second kappa shape index (κ2) is 4.09. The number of halogens is 2. The fourth-order valence-corrected chi connectivity index (χ4v) is 1.77. The summed E-state index contributed by atoms with van der Waals surface area (Å²) in [5.41, 5.74) is 0. The van der Waals surface area contributed by atoms with E-state index in [0.717, 1.165) is 13.0 Å². The molecule has 1 atom stereocenters. The van der Waals surface area contributed by atoms with Crippen LogP contribution in [0, 0.1) is 0 Å². The van der Waals surface area contributed by atoms with Gasteiger partial charge in [0.05, 0.1) is 6.54 Å². The maximum atomic E-state index is 13.1. The summed E-state index contributed by atoms with van der Waals surface area (Å²) < 4.78 is 13.1. The molecule has 0 N–H and O–H groups in total. The lowest BCUT2D eigenvalue weighted by atomic mass is 10.1. The van der Waals surface area contributed by atoms with Gasteiger partial charge in [-0.3, -0.25) is 0 Å². The first-order chi connectivity index (χ1) is 6.75. The van der Waals surface area contributed by atoms with Crippen molar-refractivity contribution in [1.29, 1.82) is 0 Å². The SMILES string of the molecule is F[C@@H]1CCCN(c2cc(Cl)ncn2)C1. The minimum Gasteiger partial charge on any atom is -0.354 e. The van der Waals surface area contributed by atoms with E-state index in [0.29, 0.717) is 23.9 Å². The monoisotopic (exact) mass is 215 g/mol. The van der Waals surface area contributed by atoms with E-state index in [-0.39, 0.29) is 0 Å². The summed E-state index contributed by atoms with van der Waals surface area (Å²) >= 11 is 5.73. The lowest BCUT2D eigenvalue weighted by molar-refractivity contribution is 0.286. The van der Waals surface area contributed by atoms with Gasteiger partial charge in [0.15, 0.2) is 0 Å². The Morgan fingerprint density at radius 2 is 2.36 bits per heavy atom. The van der Waals surface area contributed by atoms with Gasteiger partial charge < -0.3 is 4.90 Å². The number of aromatic nitrogens is 2. The Balaban J connectivity index is 2.14. The Kier molecular flexibility index (Phi) is 2.82. The van der Waals surface area contributed by atoms with Crippen LogP contribution in [0.1, 0.15) is 12.8 Å². The molecular weight excluding hydrogens is 205 g/mol. The molecule has 1 aromatic rings. The first-order valence-corrected chi connectivity index (χ1v) is 5.00. The van der Waals surface area contributed by atoms with Crippen LogP contribution in [0.15, 0.2) is 12.4 Å².